The zero-order chi connectivity index (χ0) is 18.8. The van der Waals surface area contributed by atoms with E-state index in [9.17, 15) is 22.4 Å². The third-order valence-corrected chi connectivity index (χ3v) is 3.53. The van der Waals surface area contributed by atoms with Crippen LogP contribution in [0.25, 0.3) is 22.6 Å². The number of benzene rings is 2. The number of carbonyl (C=O) groups excluding carboxylic acids is 1. The lowest BCUT2D eigenvalue weighted by Crippen LogP contribution is -2.07. The molecule has 0 saturated carbocycles. The van der Waals surface area contributed by atoms with Crippen LogP contribution in [0, 0.1) is 23.3 Å². The number of ether oxygens (including phenoxy) is 1. The van der Waals surface area contributed by atoms with E-state index in [-0.39, 0.29) is 17.9 Å². The molecule has 1 heterocycles. The lowest BCUT2D eigenvalue weighted by molar-refractivity contribution is 0.0527. The van der Waals surface area contributed by atoms with Crippen LogP contribution in [-0.4, -0.2) is 17.7 Å². The van der Waals surface area contributed by atoms with Crippen LogP contribution in [0.2, 0.25) is 0 Å². The van der Waals surface area contributed by atoms with Crippen molar-refractivity contribution in [3.05, 3.63) is 65.2 Å². The number of hydrogen-bond acceptors (Lipinski definition) is 4. The van der Waals surface area contributed by atoms with Gasteiger partial charge < -0.3 is 9.26 Å². The fourth-order valence-electron chi connectivity index (χ4n) is 2.40. The Hall–Kier alpha value is -3.16. The van der Waals surface area contributed by atoms with E-state index in [1.54, 1.807) is 0 Å². The van der Waals surface area contributed by atoms with Gasteiger partial charge in [0.2, 0.25) is 0 Å². The summed E-state index contributed by atoms with van der Waals surface area (Å²) < 4.78 is 65.1. The van der Waals surface area contributed by atoms with E-state index < -0.39 is 46.1 Å². The average molecular weight is 365 g/mol. The minimum absolute atomic E-state index is 0.0415. The van der Waals surface area contributed by atoms with Crippen molar-refractivity contribution in [2.24, 2.45) is 0 Å². The van der Waals surface area contributed by atoms with Crippen molar-refractivity contribution < 1.29 is 31.6 Å². The first-order valence-electron chi connectivity index (χ1n) is 7.50. The normalized spacial score (nSPS) is 10.8. The van der Waals surface area contributed by atoms with Crippen molar-refractivity contribution in [3.63, 3.8) is 0 Å². The first-order chi connectivity index (χ1) is 12.4. The number of halogens is 4. The molecule has 0 unspecified atom stereocenters. The molecular weight excluding hydrogens is 354 g/mol. The molecule has 0 saturated heterocycles. The number of nitrogens with zero attached hydrogens (tertiary/aromatic N) is 1. The van der Waals surface area contributed by atoms with Gasteiger partial charge in [0.1, 0.15) is 34.5 Å². The van der Waals surface area contributed by atoms with Gasteiger partial charge in [-0.15, -0.1) is 0 Å². The van der Waals surface area contributed by atoms with Gasteiger partial charge in [0.15, 0.2) is 5.76 Å². The molecule has 8 heteroatoms. The molecule has 2 aromatic carbocycles. The standard InChI is InChI=1S/C18H11F4NO3/c1-2-25-18(24)15-16(11-7-9(19)3-5-13(11)21)23-26-17(15)12-8-10(20)4-6-14(12)22/h3-8H,2H2,1H3. The highest BCUT2D eigenvalue weighted by Gasteiger charge is 2.29. The molecule has 1 aromatic heterocycles. The summed E-state index contributed by atoms with van der Waals surface area (Å²) >= 11 is 0. The predicted octanol–water partition coefficient (Wildman–Crippen LogP) is 4.74. The summed E-state index contributed by atoms with van der Waals surface area (Å²) in [5.41, 5.74) is -1.58. The molecule has 0 amide bonds. The molecule has 0 spiro atoms. The van der Waals surface area contributed by atoms with Gasteiger partial charge in [0.05, 0.1) is 12.2 Å². The molecule has 0 fully saturated rings. The fraction of sp³-hybridized carbons (Fsp3) is 0.111. The highest BCUT2D eigenvalue weighted by atomic mass is 19.1. The Balaban J connectivity index is 2.27. The number of carbonyl (C=O) groups is 1. The summed E-state index contributed by atoms with van der Waals surface area (Å²) in [5, 5.41) is 3.57. The first kappa shape index (κ1) is 17.7. The Labute approximate surface area is 145 Å². The van der Waals surface area contributed by atoms with Crippen molar-refractivity contribution in [1.29, 1.82) is 0 Å². The van der Waals surface area contributed by atoms with Crippen LogP contribution < -0.4 is 0 Å². The summed E-state index contributed by atoms with van der Waals surface area (Å²) in [4.78, 5) is 12.3. The van der Waals surface area contributed by atoms with E-state index in [1.165, 1.54) is 6.92 Å². The molecule has 134 valence electrons. The van der Waals surface area contributed by atoms with Crippen molar-refractivity contribution in [2.75, 3.05) is 6.61 Å². The van der Waals surface area contributed by atoms with Crippen molar-refractivity contribution in [2.45, 2.75) is 6.92 Å². The topological polar surface area (TPSA) is 52.3 Å². The van der Waals surface area contributed by atoms with Gasteiger partial charge in [0.25, 0.3) is 0 Å². The number of esters is 1. The highest BCUT2D eigenvalue weighted by molar-refractivity contribution is 6.01. The average Bonchev–Trinajstić information content (AvgIpc) is 3.04. The van der Waals surface area contributed by atoms with Crippen molar-refractivity contribution in [1.82, 2.24) is 5.16 Å². The van der Waals surface area contributed by atoms with E-state index in [0.717, 1.165) is 36.4 Å². The maximum atomic E-state index is 14.1. The van der Waals surface area contributed by atoms with E-state index in [0.29, 0.717) is 0 Å². The monoisotopic (exact) mass is 365 g/mol. The number of aromatic nitrogens is 1. The van der Waals surface area contributed by atoms with E-state index >= 15 is 0 Å². The zero-order valence-electron chi connectivity index (χ0n) is 13.4. The van der Waals surface area contributed by atoms with Gasteiger partial charge >= 0.3 is 5.97 Å². The highest BCUT2D eigenvalue weighted by Crippen LogP contribution is 2.35. The molecule has 0 bridgehead atoms. The molecule has 4 nitrogen and oxygen atoms in total. The lowest BCUT2D eigenvalue weighted by atomic mass is 10.0. The van der Waals surface area contributed by atoms with Gasteiger partial charge in [-0.25, -0.2) is 22.4 Å². The zero-order valence-corrected chi connectivity index (χ0v) is 13.4. The Bertz CT molecular complexity index is 916. The molecule has 0 radical (unpaired) electrons. The smallest absolute Gasteiger partial charge is 0.344 e. The summed E-state index contributed by atoms with van der Waals surface area (Å²) in [6.07, 6.45) is 0. The third-order valence-electron chi connectivity index (χ3n) is 3.53. The molecule has 3 aromatic rings. The van der Waals surface area contributed by atoms with Crippen LogP contribution in [0.4, 0.5) is 17.6 Å². The fourth-order valence-corrected chi connectivity index (χ4v) is 2.40. The maximum Gasteiger partial charge on any atom is 0.344 e. The third kappa shape index (κ3) is 3.17. The maximum absolute atomic E-state index is 14.1. The molecule has 0 aliphatic carbocycles. The van der Waals surface area contributed by atoms with Crippen molar-refractivity contribution in [3.8, 4) is 22.6 Å². The second kappa shape index (κ2) is 6.99. The Morgan fingerprint density at radius 3 is 2.19 bits per heavy atom. The Morgan fingerprint density at radius 2 is 1.58 bits per heavy atom. The molecule has 0 N–H and O–H groups in total. The Morgan fingerprint density at radius 1 is 1.00 bits per heavy atom. The minimum atomic E-state index is -0.994. The summed E-state index contributed by atoms with van der Waals surface area (Å²) in [6, 6.07) is 5.05. The van der Waals surface area contributed by atoms with Crippen LogP contribution in [-0.2, 0) is 4.74 Å². The Kier molecular flexibility index (Phi) is 4.75. The van der Waals surface area contributed by atoms with Crippen LogP contribution in [0.1, 0.15) is 17.3 Å². The summed E-state index contributed by atoms with van der Waals surface area (Å²) in [6.45, 7) is 1.48. The first-order valence-corrected chi connectivity index (χ1v) is 7.50. The minimum Gasteiger partial charge on any atom is -0.462 e. The molecular formula is C18H11F4NO3. The van der Waals surface area contributed by atoms with E-state index in [4.69, 9.17) is 9.26 Å². The number of hydrogen-bond donors (Lipinski definition) is 0. The van der Waals surface area contributed by atoms with Crippen LogP contribution in [0.5, 0.6) is 0 Å². The summed E-state index contributed by atoms with van der Waals surface area (Å²) in [5.74, 6) is -4.77. The van der Waals surface area contributed by atoms with Gasteiger partial charge in [0, 0.05) is 5.56 Å². The van der Waals surface area contributed by atoms with Crippen LogP contribution in [0.3, 0.4) is 0 Å². The molecule has 0 aliphatic heterocycles. The quantitative estimate of drug-likeness (QED) is 0.495. The predicted molar refractivity (Wildman–Crippen MR) is 83.2 cm³/mol. The van der Waals surface area contributed by atoms with Crippen LogP contribution in [0.15, 0.2) is 40.9 Å². The molecule has 0 atom stereocenters. The van der Waals surface area contributed by atoms with Gasteiger partial charge in [-0.2, -0.15) is 0 Å². The second-order valence-corrected chi connectivity index (χ2v) is 5.20. The summed E-state index contributed by atoms with van der Waals surface area (Å²) in [7, 11) is 0. The van der Waals surface area contributed by atoms with E-state index in [1.807, 2.05) is 0 Å². The van der Waals surface area contributed by atoms with E-state index in [2.05, 4.69) is 5.16 Å². The molecule has 0 aliphatic rings. The number of rotatable bonds is 4. The van der Waals surface area contributed by atoms with Gasteiger partial charge in [-0.1, -0.05) is 5.16 Å². The SMILES string of the molecule is CCOC(=O)c1c(-c2cc(F)ccc2F)noc1-c1cc(F)ccc1F. The second-order valence-electron chi connectivity index (χ2n) is 5.20. The molecule has 26 heavy (non-hydrogen) atoms. The molecule has 3 rings (SSSR count). The lowest BCUT2D eigenvalue weighted by Gasteiger charge is -2.06. The van der Waals surface area contributed by atoms with Crippen LogP contribution >= 0.6 is 0 Å². The van der Waals surface area contributed by atoms with Gasteiger partial charge in [-0.3, -0.25) is 0 Å². The largest absolute Gasteiger partial charge is 0.462 e. The van der Waals surface area contributed by atoms with Crippen molar-refractivity contribution >= 4 is 5.97 Å². The van der Waals surface area contributed by atoms with Gasteiger partial charge in [-0.05, 0) is 43.3 Å².